The Morgan fingerprint density at radius 3 is 2.38 bits per heavy atom. The number of hydrogen-bond donors (Lipinski definition) is 1. The quantitative estimate of drug-likeness (QED) is 0.770. The third-order valence-corrected chi connectivity index (χ3v) is 3.87. The molecule has 1 rings (SSSR count). The highest BCUT2D eigenvalue weighted by Crippen LogP contribution is 2.27. The molecule has 0 radical (unpaired) electrons. The first kappa shape index (κ1) is 18.6. The zero-order chi connectivity index (χ0) is 16.0. The minimum Gasteiger partial charge on any atom is -0.376 e. The first-order valence-corrected chi connectivity index (χ1v) is 8.37. The Kier molecular flexibility index (Phi) is 7.31. The fraction of sp³-hybridized carbons (Fsp3) is 0.647. The number of likely N-dealkylation sites (N-methyl/N-ethyl adjacent to an activating group) is 1. The molecule has 2 unspecified atom stereocenters. The first-order chi connectivity index (χ1) is 9.77. The van der Waals surface area contributed by atoms with E-state index in [1.807, 2.05) is 13.0 Å². The SMILES string of the molecule is CCNC(Cc1cc(F)cc(Br)c1)C(OCC)C(C)(C)C. The first-order valence-electron chi connectivity index (χ1n) is 7.57. The van der Waals surface area contributed by atoms with E-state index in [0.29, 0.717) is 6.61 Å². The summed E-state index contributed by atoms with van der Waals surface area (Å²) in [4.78, 5) is 0. The number of benzene rings is 1. The summed E-state index contributed by atoms with van der Waals surface area (Å²) < 4.78 is 20.3. The Morgan fingerprint density at radius 1 is 1.24 bits per heavy atom. The monoisotopic (exact) mass is 359 g/mol. The maximum Gasteiger partial charge on any atom is 0.124 e. The Balaban J connectivity index is 2.98. The van der Waals surface area contributed by atoms with E-state index in [1.54, 1.807) is 6.07 Å². The van der Waals surface area contributed by atoms with Gasteiger partial charge in [0.1, 0.15) is 5.82 Å². The van der Waals surface area contributed by atoms with Gasteiger partial charge in [0.25, 0.3) is 0 Å². The number of ether oxygens (including phenoxy) is 1. The van der Waals surface area contributed by atoms with Crippen LogP contribution in [0.15, 0.2) is 22.7 Å². The predicted octanol–water partition coefficient (Wildman–Crippen LogP) is 4.56. The van der Waals surface area contributed by atoms with Crippen molar-refractivity contribution in [3.8, 4) is 0 Å². The van der Waals surface area contributed by atoms with Crippen molar-refractivity contribution in [2.45, 2.75) is 53.2 Å². The number of halogens is 2. The van der Waals surface area contributed by atoms with Crippen molar-refractivity contribution in [2.24, 2.45) is 5.41 Å². The minimum absolute atomic E-state index is 0.0212. The van der Waals surface area contributed by atoms with Gasteiger partial charge in [-0.05, 0) is 49.1 Å². The lowest BCUT2D eigenvalue weighted by molar-refractivity contribution is -0.0352. The van der Waals surface area contributed by atoms with Crippen LogP contribution in [0.5, 0.6) is 0 Å². The highest BCUT2D eigenvalue weighted by atomic mass is 79.9. The van der Waals surface area contributed by atoms with Crippen molar-refractivity contribution in [3.63, 3.8) is 0 Å². The van der Waals surface area contributed by atoms with Gasteiger partial charge in [-0.25, -0.2) is 4.39 Å². The van der Waals surface area contributed by atoms with Crippen molar-refractivity contribution in [2.75, 3.05) is 13.2 Å². The second-order valence-corrected chi connectivity index (χ2v) is 7.30. The van der Waals surface area contributed by atoms with E-state index in [-0.39, 0.29) is 23.4 Å². The molecule has 0 aliphatic carbocycles. The minimum atomic E-state index is -0.210. The van der Waals surface area contributed by atoms with Gasteiger partial charge in [-0.1, -0.05) is 43.6 Å². The van der Waals surface area contributed by atoms with Gasteiger partial charge in [-0.3, -0.25) is 0 Å². The number of rotatable bonds is 7. The third kappa shape index (κ3) is 6.05. The molecule has 0 amide bonds. The van der Waals surface area contributed by atoms with E-state index in [9.17, 15) is 4.39 Å². The van der Waals surface area contributed by atoms with Crippen LogP contribution in [-0.2, 0) is 11.2 Å². The van der Waals surface area contributed by atoms with Gasteiger partial charge in [-0.2, -0.15) is 0 Å². The molecule has 21 heavy (non-hydrogen) atoms. The lowest BCUT2D eigenvalue weighted by Gasteiger charge is -2.37. The molecule has 4 heteroatoms. The molecule has 0 fully saturated rings. The fourth-order valence-electron chi connectivity index (χ4n) is 2.68. The molecule has 120 valence electrons. The van der Waals surface area contributed by atoms with Gasteiger partial charge in [0, 0.05) is 17.1 Å². The fourth-order valence-corrected chi connectivity index (χ4v) is 3.19. The second-order valence-electron chi connectivity index (χ2n) is 6.39. The van der Waals surface area contributed by atoms with Crippen molar-refractivity contribution in [3.05, 3.63) is 34.1 Å². The molecular formula is C17H27BrFNO. The van der Waals surface area contributed by atoms with E-state index < -0.39 is 0 Å². The Morgan fingerprint density at radius 2 is 1.90 bits per heavy atom. The van der Waals surface area contributed by atoms with Gasteiger partial charge in [0.05, 0.1) is 6.10 Å². The molecule has 1 aromatic carbocycles. The highest BCUT2D eigenvalue weighted by Gasteiger charge is 2.32. The zero-order valence-electron chi connectivity index (χ0n) is 13.7. The van der Waals surface area contributed by atoms with Crippen LogP contribution < -0.4 is 5.32 Å². The lowest BCUT2D eigenvalue weighted by Crippen LogP contribution is -2.49. The summed E-state index contributed by atoms with van der Waals surface area (Å²) in [7, 11) is 0. The van der Waals surface area contributed by atoms with Crippen molar-refractivity contribution in [1.82, 2.24) is 5.32 Å². The van der Waals surface area contributed by atoms with Gasteiger partial charge in [0.2, 0.25) is 0 Å². The van der Waals surface area contributed by atoms with E-state index >= 15 is 0 Å². The third-order valence-electron chi connectivity index (χ3n) is 3.41. The number of nitrogens with one attached hydrogen (secondary N) is 1. The summed E-state index contributed by atoms with van der Waals surface area (Å²) >= 11 is 3.36. The van der Waals surface area contributed by atoms with Crippen LogP contribution in [0.25, 0.3) is 0 Å². The summed E-state index contributed by atoms with van der Waals surface area (Å²) in [5.41, 5.74) is 0.995. The zero-order valence-corrected chi connectivity index (χ0v) is 15.3. The summed E-state index contributed by atoms with van der Waals surface area (Å²) in [6, 6.07) is 5.21. The molecule has 0 aliphatic rings. The number of hydrogen-bond acceptors (Lipinski definition) is 2. The van der Waals surface area contributed by atoms with Crippen LogP contribution in [0, 0.1) is 11.2 Å². The predicted molar refractivity (Wildman–Crippen MR) is 90.1 cm³/mol. The van der Waals surface area contributed by atoms with E-state index in [2.05, 4.69) is 48.9 Å². The van der Waals surface area contributed by atoms with Crippen molar-refractivity contribution >= 4 is 15.9 Å². The van der Waals surface area contributed by atoms with E-state index in [1.165, 1.54) is 6.07 Å². The molecule has 0 saturated heterocycles. The second kappa shape index (κ2) is 8.25. The molecule has 0 saturated carbocycles. The van der Waals surface area contributed by atoms with Crippen LogP contribution >= 0.6 is 15.9 Å². The molecule has 0 aromatic heterocycles. The Hall–Kier alpha value is -0.450. The Labute approximate surface area is 136 Å². The van der Waals surface area contributed by atoms with Crippen LogP contribution in [-0.4, -0.2) is 25.3 Å². The van der Waals surface area contributed by atoms with Crippen LogP contribution in [0.2, 0.25) is 0 Å². The molecule has 0 heterocycles. The summed E-state index contributed by atoms with van der Waals surface area (Å²) in [6.07, 6.45) is 0.816. The molecule has 1 N–H and O–H groups in total. The standard InChI is InChI=1S/C17H27BrFNO/c1-6-20-15(16(21-7-2)17(3,4)5)10-12-8-13(18)11-14(19)9-12/h8-9,11,15-16,20H,6-7,10H2,1-5H3. The topological polar surface area (TPSA) is 21.3 Å². The largest absolute Gasteiger partial charge is 0.376 e. The molecule has 0 spiro atoms. The molecule has 1 aromatic rings. The maximum atomic E-state index is 13.6. The smallest absolute Gasteiger partial charge is 0.124 e. The average molecular weight is 360 g/mol. The molecular weight excluding hydrogens is 333 g/mol. The van der Waals surface area contributed by atoms with Gasteiger partial charge in [0.15, 0.2) is 0 Å². The van der Waals surface area contributed by atoms with Crippen LogP contribution in [0.1, 0.15) is 40.2 Å². The van der Waals surface area contributed by atoms with Crippen LogP contribution in [0.3, 0.4) is 0 Å². The van der Waals surface area contributed by atoms with Crippen molar-refractivity contribution < 1.29 is 9.13 Å². The highest BCUT2D eigenvalue weighted by molar-refractivity contribution is 9.10. The molecule has 0 bridgehead atoms. The summed E-state index contributed by atoms with van der Waals surface area (Å²) in [5.74, 6) is -0.210. The molecule has 2 atom stereocenters. The van der Waals surface area contributed by atoms with Gasteiger partial charge < -0.3 is 10.1 Å². The molecule has 0 aliphatic heterocycles. The van der Waals surface area contributed by atoms with Crippen molar-refractivity contribution in [1.29, 1.82) is 0 Å². The summed E-state index contributed by atoms with van der Waals surface area (Å²) in [5, 5.41) is 3.50. The van der Waals surface area contributed by atoms with E-state index in [4.69, 9.17) is 4.74 Å². The van der Waals surface area contributed by atoms with Gasteiger partial charge in [-0.15, -0.1) is 0 Å². The lowest BCUT2D eigenvalue weighted by atomic mass is 9.82. The van der Waals surface area contributed by atoms with E-state index in [0.717, 1.165) is 23.0 Å². The normalized spacial score (nSPS) is 15.0. The summed E-state index contributed by atoms with van der Waals surface area (Å²) in [6.45, 7) is 12.2. The van der Waals surface area contributed by atoms with Crippen LogP contribution in [0.4, 0.5) is 4.39 Å². The molecule has 2 nitrogen and oxygen atoms in total. The Bertz CT molecular complexity index is 425. The average Bonchev–Trinajstić information content (AvgIpc) is 2.33. The maximum absolute atomic E-state index is 13.6. The van der Waals surface area contributed by atoms with Gasteiger partial charge >= 0.3 is 0 Å².